The Balaban J connectivity index is 2.15. The van der Waals surface area contributed by atoms with Gasteiger partial charge in [-0.25, -0.2) is 0 Å². The summed E-state index contributed by atoms with van der Waals surface area (Å²) in [6.45, 7) is 0.271. The smallest absolute Gasteiger partial charge is 0.240 e. The van der Waals surface area contributed by atoms with Crippen molar-refractivity contribution in [1.82, 2.24) is 5.32 Å². The lowest BCUT2D eigenvalue weighted by atomic mass is 10.1. The third-order valence-corrected chi connectivity index (χ3v) is 3.39. The lowest BCUT2D eigenvalue weighted by Crippen LogP contribution is -2.40. The summed E-state index contributed by atoms with van der Waals surface area (Å²) in [4.78, 5) is 25.6. The van der Waals surface area contributed by atoms with Crippen molar-refractivity contribution in [3.63, 3.8) is 0 Å². The summed E-state index contributed by atoms with van der Waals surface area (Å²) in [6, 6.07) is 7.34. The molecule has 0 bridgehead atoms. The predicted octanol–water partition coefficient (Wildman–Crippen LogP) is 0.968. The highest BCUT2D eigenvalue weighted by molar-refractivity contribution is 6.00. The number of rotatable bonds is 4. The Morgan fingerprint density at radius 2 is 2.24 bits per heavy atom. The number of benzene rings is 1. The van der Waals surface area contributed by atoms with Crippen LogP contribution in [0.4, 0.5) is 11.4 Å². The van der Waals surface area contributed by atoms with Gasteiger partial charge in [-0.3, -0.25) is 9.59 Å². The number of nitriles is 1. The second-order valence-electron chi connectivity index (χ2n) is 4.98. The highest BCUT2D eigenvalue weighted by atomic mass is 16.2. The van der Waals surface area contributed by atoms with Gasteiger partial charge < -0.3 is 16.0 Å². The molecule has 2 amide bonds. The number of nitrogens with zero attached hydrogens (tertiary/aromatic N) is 2. The van der Waals surface area contributed by atoms with E-state index in [1.165, 1.54) is 4.90 Å². The Kier molecular flexibility index (Phi) is 4.77. The Morgan fingerprint density at radius 3 is 3.00 bits per heavy atom. The van der Waals surface area contributed by atoms with Gasteiger partial charge in [0, 0.05) is 24.3 Å². The fraction of sp³-hybridized carbons (Fsp3) is 0.400. The number of nitrogens with two attached hydrogens (primary N) is 1. The minimum Gasteiger partial charge on any atom is -0.399 e. The maximum Gasteiger partial charge on any atom is 0.240 e. The molecule has 0 saturated carbocycles. The van der Waals surface area contributed by atoms with E-state index in [1.54, 1.807) is 12.1 Å². The van der Waals surface area contributed by atoms with Crippen molar-refractivity contribution in [2.75, 3.05) is 23.7 Å². The number of fused-ring (bicyclic) bond motifs is 1. The SMILES string of the molecule is N#CCCNC(=O)CN1C(=O)CCCc2cc(N)ccc21. The van der Waals surface area contributed by atoms with Gasteiger partial charge in [0.1, 0.15) is 6.54 Å². The van der Waals surface area contributed by atoms with Crippen molar-refractivity contribution in [3.8, 4) is 6.07 Å². The van der Waals surface area contributed by atoms with Crippen molar-refractivity contribution >= 4 is 23.2 Å². The molecule has 3 N–H and O–H groups in total. The third kappa shape index (κ3) is 3.72. The van der Waals surface area contributed by atoms with Crippen molar-refractivity contribution < 1.29 is 9.59 Å². The van der Waals surface area contributed by atoms with Crippen LogP contribution in [-0.4, -0.2) is 24.9 Å². The summed E-state index contributed by atoms with van der Waals surface area (Å²) in [6.07, 6.45) is 2.20. The molecule has 0 aromatic heterocycles. The summed E-state index contributed by atoms with van der Waals surface area (Å²) < 4.78 is 0. The summed E-state index contributed by atoms with van der Waals surface area (Å²) in [5, 5.41) is 11.1. The number of hydrogen-bond donors (Lipinski definition) is 2. The third-order valence-electron chi connectivity index (χ3n) is 3.39. The molecule has 6 heteroatoms. The molecule has 0 radical (unpaired) electrons. The number of hydrogen-bond acceptors (Lipinski definition) is 4. The zero-order valence-corrected chi connectivity index (χ0v) is 11.8. The summed E-state index contributed by atoms with van der Waals surface area (Å²) in [5.41, 5.74) is 8.18. The van der Waals surface area contributed by atoms with E-state index in [1.807, 2.05) is 12.1 Å². The Hall–Kier alpha value is -2.55. The number of aryl methyl sites for hydroxylation is 1. The molecule has 0 spiro atoms. The Labute approximate surface area is 123 Å². The molecular formula is C15H18N4O2. The molecule has 0 aliphatic carbocycles. The van der Waals surface area contributed by atoms with Gasteiger partial charge in [-0.15, -0.1) is 0 Å². The van der Waals surface area contributed by atoms with Gasteiger partial charge in [0.05, 0.1) is 12.5 Å². The number of nitrogens with one attached hydrogen (secondary N) is 1. The van der Waals surface area contributed by atoms with Gasteiger partial charge in [0.2, 0.25) is 11.8 Å². The summed E-state index contributed by atoms with van der Waals surface area (Å²) in [5.74, 6) is -0.322. The van der Waals surface area contributed by atoms with Gasteiger partial charge in [0.15, 0.2) is 0 Å². The molecule has 0 atom stereocenters. The normalized spacial score (nSPS) is 14.0. The van der Waals surface area contributed by atoms with E-state index >= 15 is 0 Å². The first kappa shape index (κ1) is 14.9. The van der Waals surface area contributed by atoms with Crippen LogP contribution in [0.5, 0.6) is 0 Å². The van der Waals surface area contributed by atoms with Crippen LogP contribution in [0.3, 0.4) is 0 Å². The molecule has 1 heterocycles. The second kappa shape index (κ2) is 6.75. The topological polar surface area (TPSA) is 99.2 Å². The first-order valence-corrected chi connectivity index (χ1v) is 6.94. The maximum atomic E-state index is 12.2. The van der Waals surface area contributed by atoms with Crippen molar-refractivity contribution in [2.45, 2.75) is 25.7 Å². The quantitative estimate of drug-likeness (QED) is 0.636. The van der Waals surface area contributed by atoms with Crippen LogP contribution < -0.4 is 16.0 Å². The molecule has 21 heavy (non-hydrogen) atoms. The molecule has 1 aliphatic heterocycles. The first-order valence-electron chi connectivity index (χ1n) is 6.94. The van der Waals surface area contributed by atoms with Crippen molar-refractivity contribution in [2.24, 2.45) is 0 Å². The predicted molar refractivity (Wildman–Crippen MR) is 79.4 cm³/mol. The lowest BCUT2D eigenvalue weighted by molar-refractivity contribution is -0.123. The van der Waals surface area contributed by atoms with Crippen LogP contribution in [0.25, 0.3) is 0 Å². The summed E-state index contributed by atoms with van der Waals surface area (Å²) in [7, 11) is 0. The fourth-order valence-corrected chi connectivity index (χ4v) is 2.40. The minimum atomic E-state index is -0.261. The van der Waals surface area contributed by atoms with E-state index in [2.05, 4.69) is 5.32 Å². The summed E-state index contributed by atoms with van der Waals surface area (Å²) >= 11 is 0. The van der Waals surface area contributed by atoms with E-state index in [0.29, 0.717) is 18.7 Å². The average molecular weight is 286 g/mol. The molecule has 0 fully saturated rings. The second-order valence-corrected chi connectivity index (χ2v) is 4.98. The monoisotopic (exact) mass is 286 g/mol. The molecule has 1 aliphatic rings. The van der Waals surface area contributed by atoms with Gasteiger partial charge >= 0.3 is 0 Å². The van der Waals surface area contributed by atoms with E-state index in [0.717, 1.165) is 24.1 Å². The minimum absolute atomic E-state index is 0.0266. The number of anilines is 2. The molecular weight excluding hydrogens is 268 g/mol. The molecule has 110 valence electrons. The molecule has 2 rings (SSSR count). The van der Waals surface area contributed by atoms with Crippen LogP contribution in [0.1, 0.15) is 24.8 Å². The highest BCUT2D eigenvalue weighted by Gasteiger charge is 2.24. The van der Waals surface area contributed by atoms with Crippen molar-refractivity contribution in [1.29, 1.82) is 5.26 Å². The van der Waals surface area contributed by atoms with Gasteiger partial charge in [-0.1, -0.05) is 0 Å². The standard InChI is InChI=1S/C15H18N4O2/c16-7-2-8-18-14(20)10-19-13-6-5-12(17)9-11(13)3-1-4-15(19)21/h5-6,9H,1-4,8,10,17H2,(H,18,20). The van der Waals surface area contributed by atoms with Crippen LogP contribution >= 0.6 is 0 Å². The highest BCUT2D eigenvalue weighted by Crippen LogP contribution is 2.28. The largest absolute Gasteiger partial charge is 0.399 e. The fourth-order valence-electron chi connectivity index (χ4n) is 2.40. The zero-order valence-electron chi connectivity index (χ0n) is 11.8. The van der Waals surface area contributed by atoms with Gasteiger partial charge in [-0.2, -0.15) is 5.26 Å². The molecule has 1 aromatic rings. The molecule has 0 unspecified atom stereocenters. The van der Waals surface area contributed by atoms with Gasteiger partial charge in [-0.05, 0) is 36.6 Å². The van der Waals surface area contributed by atoms with E-state index < -0.39 is 0 Å². The average Bonchev–Trinajstić information content (AvgIpc) is 2.59. The number of carbonyl (C=O) groups is 2. The van der Waals surface area contributed by atoms with E-state index in [4.69, 9.17) is 11.0 Å². The molecule has 6 nitrogen and oxygen atoms in total. The van der Waals surface area contributed by atoms with Crippen LogP contribution in [0, 0.1) is 11.3 Å². The Morgan fingerprint density at radius 1 is 1.43 bits per heavy atom. The first-order chi connectivity index (χ1) is 10.1. The zero-order chi connectivity index (χ0) is 15.2. The van der Waals surface area contributed by atoms with Gasteiger partial charge in [0.25, 0.3) is 0 Å². The Bertz CT molecular complexity index is 592. The molecule has 1 aromatic carbocycles. The van der Waals surface area contributed by atoms with E-state index in [9.17, 15) is 9.59 Å². The van der Waals surface area contributed by atoms with Crippen LogP contribution in [0.15, 0.2) is 18.2 Å². The molecule has 0 saturated heterocycles. The lowest BCUT2D eigenvalue weighted by Gasteiger charge is -2.22. The van der Waals surface area contributed by atoms with E-state index in [-0.39, 0.29) is 24.8 Å². The van der Waals surface area contributed by atoms with Crippen LogP contribution in [0.2, 0.25) is 0 Å². The number of amides is 2. The number of carbonyl (C=O) groups excluding carboxylic acids is 2. The van der Waals surface area contributed by atoms with Crippen LogP contribution in [-0.2, 0) is 16.0 Å². The number of nitrogen functional groups attached to an aromatic ring is 1. The van der Waals surface area contributed by atoms with Crippen molar-refractivity contribution in [3.05, 3.63) is 23.8 Å². The maximum absolute atomic E-state index is 12.2.